The van der Waals surface area contributed by atoms with Crippen LogP contribution in [0.2, 0.25) is 0 Å². The lowest BCUT2D eigenvalue weighted by atomic mass is 9.98. The van der Waals surface area contributed by atoms with Crippen LogP contribution < -0.4 is 16.0 Å². The number of aliphatic imine (C=N–C) groups is 1. The second kappa shape index (κ2) is 7.77. The molecular weight excluding hydrogens is 300 g/mol. The average molecular weight is 324 g/mol. The van der Waals surface area contributed by atoms with Crippen molar-refractivity contribution in [1.82, 2.24) is 9.97 Å². The first kappa shape index (κ1) is 16.2. The van der Waals surface area contributed by atoms with Gasteiger partial charge in [-0.25, -0.2) is 9.97 Å². The minimum absolute atomic E-state index is 0.465. The Labute approximate surface area is 142 Å². The average Bonchev–Trinajstić information content (AvgIpc) is 2.63. The third kappa shape index (κ3) is 4.44. The number of piperidine rings is 1. The van der Waals surface area contributed by atoms with Crippen molar-refractivity contribution >= 4 is 17.6 Å². The van der Waals surface area contributed by atoms with Gasteiger partial charge in [-0.2, -0.15) is 0 Å². The molecule has 6 nitrogen and oxygen atoms in total. The minimum atomic E-state index is 0.465. The number of aryl methyl sites for hydroxylation is 1. The molecule has 0 bridgehead atoms. The summed E-state index contributed by atoms with van der Waals surface area (Å²) in [6.07, 6.45) is 5.86. The number of hydrogen-bond donors (Lipinski definition) is 2. The first-order chi connectivity index (χ1) is 11.7. The molecule has 0 radical (unpaired) electrons. The highest BCUT2D eigenvalue weighted by Crippen LogP contribution is 2.20. The smallest absolute Gasteiger partial charge is 0.225 e. The Morgan fingerprint density at radius 2 is 2.04 bits per heavy atom. The molecule has 24 heavy (non-hydrogen) atoms. The maximum atomic E-state index is 6.01. The van der Waals surface area contributed by atoms with E-state index in [1.165, 1.54) is 5.56 Å². The van der Waals surface area contributed by atoms with Crippen molar-refractivity contribution in [3.8, 4) is 0 Å². The predicted molar refractivity (Wildman–Crippen MR) is 98.3 cm³/mol. The van der Waals surface area contributed by atoms with E-state index in [-0.39, 0.29) is 0 Å². The summed E-state index contributed by atoms with van der Waals surface area (Å²) < 4.78 is 0. The van der Waals surface area contributed by atoms with E-state index in [4.69, 9.17) is 5.73 Å². The van der Waals surface area contributed by atoms with Crippen LogP contribution in [-0.4, -0.2) is 35.6 Å². The zero-order valence-corrected chi connectivity index (χ0v) is 14.0. The Bertz CT molecular complexity index is 668. The molecule has 0 amide bonds. The highest BCUT2D eigenvalue weighted by atomic mass is 15.3. The van der Waals surface area contributed by atoms with Crippen LogP contribution in [0.3, 0.4) is 0 Å². The van der Waals surface area contributed by atoms with Crippen molar-refractivity contribution in [2.75, 3.05) is 29.9 Å². The number of aromatic nitrogens is 2. The fourth-order valence-electron chi connectivity index (χ4n) is 2.90. The number of guanidine groups is 1. The third-order valence-corrected chi connectivity index (χ3v) is 4.20. The van der Waals surface area contributed by atoms with E-state index >= 15 is 0 Å². The maximum Gasteiger partial charge on any atom is 0.225 e. The van der Waals surface area contributed by atoms with Gasteiger partial charge in [0.05, 0.1) is 0 Å². The first-order valence-corrected chi connectivity index (χ1v) is 8.36. The van der Waals surface area contributed by atoms with Crippen molar-refractivity contribution in [2.45, 2.75) is 19.8 Å². The van der Waals surface area contributed by atoms with Gasteiger partial charge in [-0.1, -0.05) is 17.7 Å². The molecule has 3 rings (SSSR count). The van der Waals surface area contributed by atoms with E-state index < -0.39 is 0 Å². The SMILES string of the molecule is Cc1ccc(NC(N)=NCC2CCCN(c3ncccn3)C2)cc1. The van der Waals surface area contributed by atoms with Crippen LogP contribution in [0.25, 0.3) is 0 Å². The normalized spacial score (nSPS) is 18.5. The molecule has 1 aromatic carbocycles. The molecule has 2 heterocycles. The van der Waals surface area contributed by atoms with Crippen molar-refractivity contribution in [3.05, 3.63) is 48.3 Å². The fourth-order valence-corrected chi connectivity index (χ4v) is 2.90. The van der Waals surface area contributed by atoms with Gasteiger partial charge in [-0.05, 0) is 43.9 Å². The summed E-state index contributed by atoms with van der Waals surface area (Å²) >= 11 is 0. The predicted octanol–water partition coefficient (Wildman–Crippen LogP) is 2.43. The monoisotopic (exact) mass is 324 g/mol. The van der Waals surface area contributed by atoms with Crippen LogP contribution in [0.5, 0.6) is 0 Å². The summed E-state index contributed by atoms with van der Waals surface area (Å²) in [6.45, 7) is 4.70. The number of hydrogen-bond acceptors (Lipinski definition) is 4. The summed E-state index contributed by atoms with van der Waals surface area (Å²) in [5.41, 5.74) is 8.19. The van der Waals surface area contributed by atoms with Gasteiger partial charge in [0.25, 0.3) is 0 Å². The Hall–Kier alpha value is -2.63. The van der Waals surface area contributed by atoms with Crippen molar-refractivity contribution in [3.63, 3.8) is 0 Å². The highest BCUT2D eigenvalue weighted by molar-refractivity contribution is 5.92. The van der Waals surface area contributed by atoms with Crippen LogP contribution >= 0.6 is 0 Å². The molecule has 1 fully saturated rings. The van der Waals surface area contributed by atoms with Crippen LogP contribution in [0.4, 0.5) is 11.6 Å². The van der Waals surface area contributed by atoms with E-state index in [2.05, 4.69) is 44.2 Å². The molecule has 1 aromatic heterocycles. The van der Waals surface area contributed by atoms with Crippen molar-refractivity contribution in [1.29, 1.82) is 0 Å². The number of nitrogens with two attached hydrogens (primary N) is 1. The number of nitrogens with zero attached hydrogens (tertiary/aromatic N) is 4. The van der Waals surface area contributed by atoms with Gasteiger partial charge < -0.3 is 16.0 Å². The number of rotatable bonds is 4. The molecule has 1 aliphatic heterocycles. The zero-order chi connectivity index (χ0) is 16.8. The second-order valence-corrected chi connectivity index (χ2v) is 6.22. The maximum absolute atomic E-state index is 6.01. The van der Waals surface area contributed by atoms with Gasteiger partial charge in [0.15, 0.2) is 5.96 Å². The van der Waals surface area contributed by atoms with Crippen molar-refractivity contribution in [2.24, 2.45) is 16.6 Å². The van der Waals surface area contributed by atoms with E-state index in [0.29, 0.717) is 18.4 Å². The molecule has 0 saturated carbocycles. The lowest BCUT2D eigenvalue weighted by molar-refractivity contribution is 0.420. The number of benzene rings is 1. The number of anilines is 2. The topological polar surface area (TPSA) is 79.4 Å². The summed E-state index contributed by atoms with van der Waals surface area (Å²) in [5.74, 6) is 1.74. The molecule has 2 aromatic rings. The fraction of sp³-hybridized carbons (Fsp3) is 0.389. The molecule has 0 aliphatic carbocycles. The lowest BCUT2D eigenvalue weighted by Gasteiger charge is -2.31. The summed E-state index contributed by atoms with van der Waals surface area (Å²) in [4.78, 5) is 15.4. The van der Waals surface area contributed by atoms with Crippen LogP contribution in [0.15, 0.2) is 47.7 Å². The van der Waals surface area contributed by atoms with E-state index in [1.54, 1.807) is 12.4 Å². The van der Waals surface area contributed by atoms with Gasteiger partial charge in [0.1, 0.15) is 0 Å². The molecule has 1 unspecified atom stereocenters. The third-order valence-electron chi connectivity index (χ3n) is 4.20. The molecule has 6 heteroatoms. The summed E-state index contributed by atoms with van der Waals surface area (Å²) in [7, 11) is 0. The van der Waals surface area contributed by atoms with Gasteiger partial charge in [0.2, 0.25) is 5.95 Å². The molecule has 1 aliphatic rings. The molecule has 1 atom stereocenters. The molecule has 0 spiro atoms. The Kier molecular flexibility index (Phi) is 5.25. The van der Waals surface area contributed by atoms with Gasteiger partial charge in [0, 0.05) is 37.7 Å². The van der Waals surface area contributed by atoms with Crippen LogP contribution in [0, 0.1) is 12.8 Å². The highest BCUT2D eigenvalue weighted by Gasteiger charge is 2.21. The number of nitrogens with one attached hydrogen (secondary N) is 1. The van der Waals surface area contributed by atoms with Crippen LogP contribution in [0.1, 0.15) is 18.4 Å². The van der Waals surface area contributed by atoms with E-state index in [0.717, 1.165) is 37.6 Å². The quantitative estimate of drug-likeness (QED) is 0.667. The molecular formula is C18H24N6. The Morgan fingerprint density at radius 3 is 2.79 bits per heavy atom. The first-order valence-electron chi connectivity index (χ1n) is 8.36. The standard InChI is InChI=1S/C18H24N6/c1-14-5-7-16(8-6-14)23-17(19)22-12-15-4-2-11-24(13-15)18-20-9-3-10-21-18/h3,5-10,15H,2,4,11-13H2,1H3,(H3,19,22,23). The molecule has 126 valence electrons. The summed E-state index contributed by atoms with van der Waals surface area (Å²) in [6, 6.07) is 9.95. The van der Waals surface area contributed by atoms with E-state index in [9.17, 15) is 0 Å². The van der Waals surface area contributed by atoms with E-state index in [1.807, 2.05) is 18.2 Å². The van der Waals surface area contributed by atoms with Gasteiger partial charge in [-0.15, -0.1) is 0 Å². The zero-order valence-electron chi connectivity index (χ0n) is 14.0. The second-order valence-electron chi connectivity index (χ2n) is 6.22. The Morgan fingerprint density at radius 1 is 1.29 bits per heavy atom. The summed E-state index contributed by atoms with van der Waals surface area (Å²) in [5, 5.41) is 3.14. The minimum Gasteiger partial charge on any atom is -0.370 e. The Balaban J connectivity index is 1.54. The lowest BCUT2D eigenvalue weighted by Crippen LogP contribution is -2.38. The van der Waals surface area contributed by atoms with Gasteiger partial charge in [-0.3, -0.25) is 4.99 Å². The van der Waals surface area contributed by atoms with Crippen molar-refractivity contribution < 1.29 is 0 Å². The molecule has 1 saturated heterocycles. The largest absolute Gasteiger partial charge is 0.370 e. The van der Waals surface area contributed by atoms with Crippen LogP contribution in [-0.2, 0) is 0 Å². The van der Waals surface area contributed by atoms with Gasteiger partial charge >= 0.3 is 0 Å². The molecule has 3 N–H and O–H groups in total.